The van der Waals surface area contributed by atoms with Gasteiger partial charge in [-0.15, -0.1) is 0 Å². The van der Waals surface area contributed by atoms with E-state index in [-0.39, 0.29) is 18.5 Å². The van der Waals surface area contributed by atoms with Crippen LogP contribution in [-0.2, 0) is 30.7 Å². The van der Waals surface area contributed by atoms with Crippen molar-refractivity contribution in [2.75, 3.05) is 26.3 Å². The highest BCUT2D eigenvalue weighted by molar-refractivity contribution is 5.94. The Hall–Kier alpha value is -2.32. The van der Waals surface area contributed by atoms with Gasteiger partial charge in [0.25, 0.3) is 5.91 Å². The van der Waals surface area contributed by atoms with Crippen molar-refractivity contribution in [2.24, 2.45) is 5.92 Å². The number of halogens is 2. The van der Waals surface area contributed by atoms with Crippen LogP contribution >= 0.6 is 0 Å². The molecule has 1 atom stereocenters. The second-order valence-corrected chi connectivity index (χ2v) is 8.81. The van der Waals surface area contributed by atoms with E-state index in [2.05, 4.69) is 19.2 Å². The van der Waals surface area contributed by atoms with Crippen LogP contribution in [0.3, 0.4) is 0 Å². The number of carbonyl (C=O) groups is 1. The van der Waals surface area contributed by atoms with E-state index < -0.39 is 11.6 Å². The number of aromatic nitrogens is 2. The maximum Gasteiger partial charge on any atom is 0.274 e. The van der Waals surface area contributed by atoms with Crippen molar-refractivity contribution in [1.29, 1.82) is 0 Å². The SMILES string of the molecule is CC(C)Cn1nc(C(=O)N2CCOCC2)c2c1CCC(NCc1cc(F)ccc1F)C2. The molecule has 6 nitrogen and oxygen atoms in total. The predicted molar refractivity (Wildman–Crippen MR) is 113 cm³/mol. The molecular weight excluding hydrogens is 402 g/mol. The van der Waals surface area contributed by atoms with E-state index in [4.69, 9.17) is 9.84 Å². The highest BCUT2D eigenvalue weighted by Crippen LogP contribution is 2.27. The second-order valence-electron chi connectivity index (χ2n) is 8.81. The standard InChI is InChI=1S/C23H30F2N4O2/c1-15(2)14-29-21-6-4-18(26-13-16-11-17(24)3-5-20(16)25)12-19(21)22(27-29)23(30)28-7-9-31-10-8-28/h3,5,11,15,18,26H,4,6-10,12-14H2,1-2H3. The zero-order chi connectivity index (χ0) is 22.0. The van der Waals surface area contributed by atoms with Gasteiger partial charge < -0.3 is 15.0 Å². The lowest BCUT2D eigenvalue weighted by atomic mass is 9.90. The molecule has 4 rings (SSSR count). The summed E-state index contributed by atoms with van der Waals surface area (Å²) < 4.78 is 34.8. The number of amides is 1. The maximum atomic E-state index is 14.0. The lowest BCUT2D eigenvalue weighted by Gasteiger charge is -2.28. The molecule has 1 aliphatic carbocycles. The topological polar surface area (TPSA) is 59.4 Å². The molecule has 0 bridgehead atoms. The quantitative estimate of drug-likeness (QED) is 0.763. The molecule has 1 aromatic carbocycles. The summed E-state index contributed by atoms with van der Waals surface area (Å²) >= 11 is 0. The molecule has 1 unspecified atom stereocenters. The van der Waals surface area contributed by atoms with Crippen molar-refractivity contribution in [3.05, 3.63) is 52.3 Å². The van der Waals surface area contributed by atoms with Crippen molar-refractivity contribution in [3.8, 4) is 0 Å². The van der Waals surface area contributed by atoms with Gasteiger partial charge in [-0.05, 0) is 43.4 Å². The Morgan fingerprint density at radius 3 is 2.81 bits per heavy atom. The van der Waals surface area contributed by atoms with Gasteiger partial charge >= 0.3 is 0 Å². The van der Waals surface area contributed by atoms with Gasteiger partial charge in [-0.25, -0.2) is 8.78 Å². The maximum absolute atomic E-state index is 14.0. The van der Waals surface area contributed by atoms with Crippen LogP contribution in [0, 0.1) is 17.6 Å². The van der Waals surface area contributed by atoms with E-state index in [1.54, 1.807) is 0 Å². The summed E-state index contributed by atoms with van der Waals surface area (Å²) in [6.45, 7) is 7.53. The van der Waals surface area contributed by atoms with E-state index >= 15 is 0 Å². The molecule has 1 amide bonds. The van der Waals surface area contributed by atoms with Gasteiger partial charge in [-0.3, -0.25) is 9.48 Å². The highest BCUT2D eigenvalue weighted by atomic mass is 19.1. The van der Waals surface area contributed by atoms with Crippen LogP contribution in [0.1, 0.15) is 47.6 Å². The molecular formula is C23H30F2N4O2. The number of hydrogen-bond acceptors (Lipinski definition) is 4. The molecule has 1 saturated heterocycles. The first-order valence-corrected chi connectivity index (χ1v) is 11.0. The summed E-state index contributed by atoms with van der Waals surface area (Å²) in [7, 11) is 0. The number of carbonyl (C=O) groups excluding carboxylic acids is 1. The molecule has 1 aliphatic heterocycles. The molecule has 1 fully saturated rings. The average Bonchev–Trinajstić information content (AvgIpc) is 3.11. The Morgan fingerprint density at radius 2 is 2.06 bits per heavy atom. The molecule has 168 valence electrons. The van der Waals surface area contributed by atoms with Gasteiger partial charge in [0, 0.05) is 49.0 Å². The molecule has 31 heavy (non-hydrogen) atoms. The summed E-state index contributed by atoms with van der Waals surface area (Å²) in [6, 6.07) is 3.58. The molecule has 0 radical (unpaired) electrons. The van der Waals surface area contributed by atoms with Crippen LogP contribution in [0.4, 0.5) is 8.78 Å². The Morgan fingerprint density at radius 1 is 1.29 bits per heavy atom. The molecule has 2 aromatic rings. The first-order chi connectivity index (χ1) is 14.9. The van der Waals surface area contributed by atoms with Crippen molar-refractivity contribution in [3.63, 3.8) is 0 Å². The summed E-state index contributed by atoms with van der Waals surface area (Å²) in [4.78, 5) is 15.0. The number of fused-ring (bicyclic) bond motifs is 1. The third-order valence-electron chi connectivity index (χ3n) is 5.97. The lowest BCUT2D eigenvalue weighted by Crippen LogP contribution is -2.41. The Kier molecular flexibility index (Phi) is 6.67. The molecule has 0 saturated carbocycles. The fourth-order valence-corrected chi connectivity index (χ4v) is 4.38. The zero-order valence-electron chi connectivity index (χ0n) is 18.2. The van der Waals surface area contributed by atoms with E-state index in [0.717, 1.165) is 42.8 Å². The van der Waals surface area contributed by atoms with Gasteiger partial charge in [-0.2, -0.15) is 5.10 Å². The second kappa shape index (κ2) is 9.44. The zero-order valence-corrected chi connectivity index (χ0v) is 18.2. The third-order valence-corrected chi connectivity index (χ3v) is 5.97. The summed E-state index contributed by atoms with van der Waals surface area (Å²) in [5, 5.41) is 8.09. The van der Waals surface area contributed by atoms with E-state index in [0.29, 0.717) is 49.9 Å². The summed E-state index contributed by atoms with van der Waals surface area (Å²) in [6.07, 6.45) is 2.31. The molecule has 1 N–H and O–H groups in total. The number of nitrogens with zero attached hydrogens (tertiary/aromatic N) is 3. The highest BCUT2D eigenvalue weighted by Gasteiger charge is 2.31. The van der Waals surface area contributed by atoms with Gasteiger partial charge in [0.1, 0.15) is 11.6 Å². The van der Waals surface area contributed by atoms with E-state index in [1.807, 2.05) is 9.58 Å². The van der Waals surface area contributed by atoms with Crippen molar-refractivity contribution >= 4 is 5.91 Å². The van der Waals surface area contributed by atoms with Crippen LogP contribution in [0.5, 0.6) is 0 Å². The Bertz CT molecular complexity index is 938. The van der Waals surface area contributed by atoms with Gasteiger partial charge in [0.05, 0.1) is 13.2 Å². The minimum Gasteiger partial charge on any atom is -0.378 e. The van der Waals surface area contributed by atoms with Crippen LogP contribution in [-0.4, -0.2) is 52.9 Å². The molecule has 0 spiro atoms. The molecule has 2 aliphatic rings. The predicted octanol–water partition coefficient (Wildman–Crippen LogP) is 2.94. The largest absolute Gasteiger partial charge is 0.378 e. The monoisotopic (exact) mass is 432 g/mol. The third kappa shape index (κ3) is 4.96. The van der Waals surface area contributed by atoms with Crippen LogP contribution in [0.25, 0.3) is 0 Å². The summed E-state index contributed by atoms with van der Waals surface area (Å²) in [5.41, 5.74) is 2.95. The smallest absolute Gasteiger partial charge is 0.274 e. The first-order valence-electron chi connectivity index (χ1n) is 11.0. The average molecular weight is 433 g/mol. The minimum absolute atomic E-state index is 0.0427. The summed E-state index contributed by atoms with van der Waals surface area (Å²) in [5.74, 6) is -0.489. The fourth-order valence-electron chi connectivity index (χ4n) is 4.38. The first kappa shape index (κ1) is 21.9. The fraction of sp³-hybridized carbons (Fsp3) is 0.565. The normalized spacial score (nSPS) is 19.0. The molecule has 2 heterocycles. The van der Waals surface area contributed by atoms with E-state index in [1.165, 1.54) is 6.07 Å². The number of rotatable bonds is 6. The Labute approximate surface area is 181 Å². The number of morpholine rings is 1. The number of nitrogens with one attached hydrogen (secondary N) is 1. The lowest BCUT2D eigenvalue weighted by molar-refractivity contribution is 0.0297. The van der Waals surface area contributed by atoms with Crippen LogP contribution in [0.15, 0.2) is 18.2 Å². The number of ether oxygens (including phenoxy) is 1. The van der Waals surface area contributed by atoms with E-state index in [9.17, 15) is 13.6 Å². The van der Waals surface area contributed by atoms with Crippen molar-refractivity contribution in [1.82, 2.24) is 20.0 Å². The van der Waals surface area contributed by atoms with Crippen molar-refractivity contribution < 1.29 is 18.3 Å². The van der Waals surface area contributed by atoms with Gasteiger partial charge in [0.2, 0.25) is 0 Å². The van der Waals surface area contributed by atoms with Crippen LogP contribution in [0.2, 0.25) is 0 Å². The molecule has 8 heteroatoms. The van der Waals surface area contributed by atoms with Crippen molar-refractivity contribution in [2.45, 2.75) is 52.2 Å². The minimum atomic E-state index is -0.447. The molecule has 1 aromatic heterocycles. The van der Waals surface area contributed by atoms with Gasteiger partial charge in [0.15, 0.2) is 5.69 Å². The Balaban J connectivity index is 1.53. The van der Waals surface area contributed by atoms with Gasteiger partial charge in [-0.1, -0.05) is 13.8 Å². The number of benzene rings is 1. The van der Waals surface area contributed by atoms with Crippen LogP contribution < -0.4 is 5.32 Å². The number of hydrogen-bond donors (Lipinski definition) is 1.